The Kier molecular flexibility index (Phi) is 8.15. The molecule has 1 amide bonds. The number of hydrogen-bond donors (Lipinski definition) is 1. The Morgan fingerprint density at radius 3 is 2.34 bits per heavy atom. The summed E-state index contributed by atoms with van der Waals surface area (Å²) >= 11 is 30.5. The highest BCUT2D eigenvalue weighted by Gasteiger charge is 2.13. The van der Waals surface area contributed by atoms with E-state index in [1.54, 1.807) is 53.2 Å². The van der Waals surface area contributed by atoms with Crippen LogP contribution in [0.1, 0.15) is 27.2 Å². The molecule has 5 nitrogen and oxygen atoms in total. The van der Waals surface area contributed by atoms with Gasteiger partial charge in [0.1, 0.15) is 6.61 Å². The molecule has 1 heterocycles. The molecule has 0 aliphatic rings. The van der Waals surface area contributed by atoms with Crippen LogP contribution in [-0.2, 0) is 13.2 Å². The summed E-state index contributed by atoms with van der Waals surface area (Å²) < 4.78 is 7.52. The minimum absolute atomic E-state index is 0.164. The number of hydrogen-bond acceptors (Lipinski definition) is 3. The van der Waals surface area contributed by atoms with Gasteiger partial charge in [0.15, 0.2) is 11.6 Å². The van der Waals surface area contributed by atoms with Crippen molar-refractivity contribution in [3.63, 3.8) is 0 Å². The van der Waals surface area contributed by atoms with Crippen LogP contribution in [0.3, 0.4) is 0 Å². The Hall–Kier alpha value is -2.41. The summed E-state index contributed by atoms with van der Waals surface area (Å²) in [6.07, 6.45) is 0. The van der Waals surface area contributed by atoms with Gasteiger partial charge in [-0.05, 0) is 54.4 Å². The Balaban J connectivity index is 1.43. The van der Waals surface area contributed by atoms with Crippen LogP contribution in [-0.4, -0.2) is 15.7 Å². The van der Waals surface area contributed by atoms with Crippen molar-refractivity contribution in [1.82, 2.24) is 9.78 Å². The van der Waals surface area contributed by atoms with Gasteiger partial charge in [-0.1, -0.05) is 76.2 Å². The maximum atomic E-state index is 12.9. The van der Waals surface area contributed by atoms with Crippen LogP contribution in [0.2, 0.25) is 25.1 Å². The topological polar surface area (TPSA) is 56.1 Å². The van der Waals surface area contributed by atoms with Crippen molar-refractivity contribution >= 4 is 69.7 Å². The van der Waals surface area contributed by atoms with Gasteiger partial charge >= 0.3 is 0 Å². The van der Waals surface area contributed by atoms with Crippen LogP contribution in [0.25, 0.3) is 0 Å². The zero-order valence-corrected chi connectivity index (χ0v) is 22.1. The maximum Gasteiger partial charge on any atom is 0.256 e. The average molecular weight is 570 g/mol. The van der Waals surface area contributed by atoms with E-state index in [4.69, 9.17) is 62.7 Å². The lowest BCUT2D eigenvalue weighted by atomic mass is 10.1. The van der Waals surface area contributed by atoms with Crippen molar-refractivity contribution in [1.29, 1.82) is 0 Å². The lowest BCUT2D eigenvalue weighted by Gasteiger charge is -2.11. The highest BCUT2D eigenvalue weighted by atomic mass is 35.5. The molecular formula is C25H18Cl5N3O2. The molecular weight excluding hydrogens is 552 g/mol. The molecule has 3 aromatic carbocycles. The quantitative estimate of drug-likeness (QED) is 0.243. The molecule has 0 saturated heterocycles. The van der Waals surface area contributed by atoms with Crippen molar-refractivity contribution in [3.05, 3.63) is 108 Å². The van der Waals surface area contributed by atoms with Crippen molar-refractivity contribution < 1.29 is 9.53 Å². The van der Waals surface area contributed by atoms with Crippen molar-refractivity contribution in [3.8, 4) is 5.75 Å². The second kappa shape index (κ2) is 11.1. The lowest BCUT2D eigenvalue weighted by molar-refractivity contribution is 0.102. The molecule has 35 heavy (non-hydrogen) atoms. The summed E-state index contributed by atoms with van der Waals surface area (Å²) in [6, 6.07) is 17.2. The Bertz CT molecular complexity index is 1380. The SMILES string of the molecule is Cc1cc(NC(=O)c2cccc(COc3c(Cl)cc(Cl)cc3Cl)c2)nn1Cc1ccc(Cl)cc1Cl. The number of nitrogens with zero attached hydrogens (tertiary/aromatic N) is 2. The third kappa shape index (κ3) is 6.43. The molecule has 4 aromatic rings. The molecule has 180 valence electrons. The number of benzene rings is 3. The van der Waals surface area contributed by atoms with Crippen molar-refractivity contribution in [2.24, 2.45) is 0 Å². The Morgan fingerprint density at radius 1 is 0.914 bits per heavy atom. The van der Waals surface area contributed by atoms with E-state index in [0.717, 1.165) is 16.8 Å². The fourth-order valence-electron chi connectivity index (χ4n) is 3.36. The van der Waals surface area contributed by atoms with E-state index in [-0.39, 0.29) is 12.5 Å². The van der Waals surface area contributed by atoms with Crippen LogP contribution >= 0.6 is 58.0 Å². The molecule has 1 aromatic heterocycles. The number of aryl methyl sites for hydroxylation is 1. The summed E-state index contributed by atoms with van der Waals surface area (Å²) in [6.45, 7) is 2.51. The number of rotatable bonds is 7. The largest absolute Gasteiger partial charge is 0.486 e. The molecule has 0 aliphatic heterocycles. The summed E-state index contributed by atoms with van der Waals surface area (Å²) in [5.74, 6) is 0.456. The van der Waals surface area contributed by atoms with E-state index in [2.05, 4.69) is 10.4 Å². The molecule has 10 heteroatoms. The first-order chi connectivity index (χ1) is 16.7. The van der Waals surface area contributed by atoms with Gasteiger partial charge in [0.2, 0.25) is 0 Å². The van der Waals surface area contributed by atoms with E-state index in [1.807, 2.05) is 19.1 Å². The summed E-state index contributed by atoms with van der Waals surface area (Å²) in [5.41, 5.74) is 2.95. The number of carbonyl (C=O) groups excluding carboxylic acids is 1. The molecule has 0 bridgehead atoms. The highest BCUT2D eigenvalue weighted by molar-refractivity contribution is 6.40. The van der Waals surface area contributed by atoms with E-state index in [9.17, 15) is 4.79 Å². The molecule has 0 spiro atoms. The standard InChI is InChI=1S/C25H18Cl5N3O2/c1-14-7-23(32-33(14)12-17-5-6-18(26)9-20(17)28)31-25(34)16-4-2-3-15(8-16)13-35-24-21(29)10-19(27)11-22(24)30/h2-11H,12-13H2,1H3,(H,31,32,34). The Labute approximate surface area is 227 Å². The van der Waals surface area contributed by atoms with Gasteiger partial charge < -0.3 is 10.1 Å². The lowest BCUT2D eigenvalue weighted by Crippen LogP contribution is -2.13. The number of carbonyl (C=O) groups is 1. The molecule has 4 rings (SSSR count). The van der Waals surface area contributed by atoms with E-state index in [1.165, 1.54) is 0 Å². The zero-order valence-electron chi connectivity index (χ0n) is 18.3. The van der Waals surface area contributed by atoms with E-state index < -0.39 is 0 Å². The highest BCUT2D eigenvalue weighted by Crippen LogP contribution is 2.36. The summed E-state index contributed by atoms with van der Waals surface area (Å²) in [4.78, 5) is 12.9. The molecule has 0 fully saturated rings. The number of ether oxygens (including phenoxy) is 1. The van der Waals surface area contributed by atoms with Crippen molar-refractivity contribution in [2.75, 3.05) is 5.32 Å². The summed E-state index contributed by atoms with van der Waals surface area (Å²) in [5, 5.41) is 9.47. The first-order valence-electron chi connectivity index (χ1n) is 10.4. The molecule has 1 N–H and O–H groups in total. The van der Waals surface area contributed by atoms with Gasteiger partial charge in [0, 0.05) is 32.4 Å². The normalized spacial score (nSPS) is 10.9. The van der Waals surface area contributed by atoms with Gasteiger partial charge in [-0.2, -0.15) is 5.10 Å². The number of halogens is 5. The average Bonchev–Trinajstić information content (AvgIpc) is 3.13. The number of anilines is 1. The number of amides is 1. The fourth-order valence-corrected chi connectivity index (χ4v) is 4.75. The van der Waals surface area contributed by atoms with Crippen LogP contribution in [0.15, 0.2) is 60.7 Å². The molecule has 0 unspecified atom stereocenters. The molecule has 0 atom stereocenters. The number of aromatic nitrogens is 2. The maximum absolute atomic E-state index is 12.9. The third-order valence-electron chi connectivity index (χ3n) is 5.09. The minimum Gasteiger partial charge on any atom is -0.486 e. The van der Waals surface area contributed by atoms with Crippen LogP contribution in [0.4, 0.5) is 5.82 Å². The molecule has 0 aliphatic carbocycles. The molecule has 0 saturated carbocycles. The predicted octanol–water partition coefficient (Wildman–Crippen LogP) is 8.34. The van der Waals surface area contributed by atoms with E-state index >= 15 is 0 Å². The second-order valence-corrected chi connectivity index (χ2v) is 9.80. The van der Waals surface area contributed by atoms with Crippen LogP contribution < -0.4 is 10.1 Å². The van der Waals surface area contributed by atoms with Gasteiger partial charge in [-0.3, -0.25) is 9.48 Å². The summed E-state index contributed by atoms with van der Waals surface area (Å²) in [7, 11) is 0. The van der Waals surface area contributed by atoms with Gasteiger partial charge in [-0.15, -0.1) is 0 Å². The minimum atomic E-state index is -0.302. The van der Waals surface area contributed by atoms with E-state index in [0.29, 0.717) is 48.8 Å². The van der Waals surface area contributed by atoms with Gasteiger partial charge in [0.05, 0.1) is 16.6 Å². The van der Waals surface area contributed by atoms with Crippen molar-refractivity contribution in [2.45, 2.75) is 20.1 Å². The Morgan fingerprint density at radius 2 is 1.63 bits per heavy atom. The fraction of sp³-hybridized carbons (Fsp3) is 0.120. The molecule has 0 radical (unpaired) electrons. The first kappa shape index (κ1) is 25.7. The smallest absolute Gasteiger partial charge is 0.256 e. The van der Waals surface area contributed by atoms with Gasteiger partial charge in [-0.25, -0.2) is 0 Å². The monoisotopic (exact) mass is 567 g/mol. The first-order valence-corrected chi connectivity index (χ1v) is 12.2. The third-order valence-corrected chi connectivity index (χ3v) is 6.46. The predicted molar refractivity (Wildman–Crippen MR) is 143 cm³/mol. The zero-order chi connectivity index (χ0) is 25.1. The second-order valence-electron chi connectivity index (χ2n) is 7.71. The van der Waals surface area contributed by atoms with Crippen LogP contribution in [0, 0.1) is 6.92 Å². The number of nitrogens with one attached hydrogen (secondary N) is 1. The van der Waals surface area contributed by atoms with Gasteiger partial charge in [0.25, 0.3) is 5.91 Å². The van der Waals surface area contributed by atoms with Crippen LogP contribution in [0.5, 0.6) is 5.75 Å².